The van der Waals surface area contributed by atoms with Crippen LogP contribution in [0.25, 0.3) is 10.4 Å². The molecule has 0 bridgehead atoms. The second-order valence-electron chi connectivity index (χ2n) is 14.5. The van der Waals surface area contributed by atoms with Gasteiger partial charge < -0.3 is 47.7 Å². The van der Waals surface area contributed by atoms with Crippen molar-refractivity contribution >= 4 is 16.1 Å². The number of nitrogens with zero attached hydrogens (tertiary/aromatic N) is 3. The quantitative estimate of drug-likeness (QED) is 0.0423. The molecule has 2 heterocycles. The Morgan fingerprint density at radius 2 is 1.25 bits per heavy atom. The zero-order valence-corrected chi connectivity index (χ0v) is 35.9. The molecular formula is C37H67N3O10Si2. The van der Waals surface area contributed by atoms with Gasteiger partial charge >= 0.3 is 0 Å². The molecular weight excluding hydrogens is 703 g/mol. The monoisotopic (exact) mass is 769 g/mol. The average Bonchev–Trinajstić information content (AvgIpc) is 3.13. The lowest BCUT2D eigenvalue weighted by molar-refractivity contribution is -0.351. The van der Waals surface area contributed by atoms with Crippen LogP contribution in [0.2, 0.25) is 34.8 Å². The minimum absolute atomic E-state index is 0.137. The van der Waals surface area contributed by atoms with Crippen LogP contribution in [-0.4, -0.2) is 137 Å². The van der Waals surface area contributed by atoms with E-state index in [1.54, 1.807) is 14.2 Å². The van der Waals surface area contributed by atoms with Crippen LogP contribution in [0.4, 0.5) is 0 Å². The van der Waals surface area contributed by atoms with Crippen molar-refractivity contribution in [2.45, 2.75) is 158 Å². The summed E-state index contributed by atoms with van der Waals surface area (Å²) in [4.78, 5) is 2.88. The topological polar surface area (TPSA) is 152 Å². The van der Waals surface area contributed by atoms with E-state index in [0.717, 1.165) is 18.1 Å². The summed E-state index contributed by atoms with van der Waals surface area (Å²) in [6.45, 7) is 20.5. The maximum absolute atomic E-state index is 10.3. The summed E-state index contributed by atoms with van der Waals surface area (Å²) < 4.78 is 55.2. The highest BCUT2D eigenvalue weighted by molar-refractivity contribution is 6.90. The second kappa shape index (κ2) is 22.7. The molecule has 2 aliphatic rings. The van der Waals surface area contributed by atoms with Gasteiger partial charge in [-0.05, 0) is 40.3 Å². The number of hydrogen-bond donors (Lipinski definition) is 1. The molecule has 0 amide bonds. The Balaban J connectivity index is 2.47. The zero-order valence-electron chi connectivity index (χ0n) is 33.9. The lowest BCUT2D eigenvalue weighted by atomic mass is 9.96. The molecule has 0 aromatic carbocycles. The first-order valence-electron chi connectivity index (χ1n) is 18.8. The van der Waals surface area contributed by atoms with E-state index in [1.807, 2.05) is 0 Å². The van der Waals surface area contributed by atoms with Crippen molar-refractivity contribution < 1.29 is 47.7 Å². The summed E-state index contributed by atoms with van der Waals surface area (Å²) >= 11 is 0. The van der Waals surface area contributed by atoms with Gasteiger partial charge in [0, 0.05) is 33.4 Å². The van der Waals surface area contributed by atoms with E-state index >= 15 is 0 Å². The molecule has 13 nitrogen and oxygen atoms in total. The predicted octanol–water partition coefficient (Wildman–Crippen LogP) is 5.86. The highest BCUT2D eigenvalue weighted by Crippen LogP contribution is 2.41. The molecule has 2 fully saturated rings. The fraction of sp³-hybridized carbons (Fsp3) is 0.892. The van der Waals surface area contributed by atoms with Gasteiger partial charge in [0.25, 0.3) is 0 Å². The smallest absolute Gasteiger partial charge is 0.187 e. The first-order chi connectivity index (χ1) is 24.8. The minimum atomic E-state index is -1.93. The maximum Gasteiger partial charge on any atom is 0.187 e. The number of rotatable bonds is 19. The molecule has 0 aromatic heterocycles. The third-order valence-electron chi connectivity index (χ3n) is 11.3. The molecule has 0 radical (unpaired) electrons. The van der Waals surface area contributed by atoms with Gasteiger partial charge in [-0.1, -0.05) is 79.3 Å². The molecule has 0 aromatic rings. The normalized spacial score (nSPS) is 29.7. The average molecular weight is 770 g/mol. The summed E-state index contributed by atoms with van der Waals surface area (Å²) in [6.07, 6.45) is -8.24. The Labute approximate surface area is 315 Å². The van der Waals surface area contributed by atoms with Gasteiger partial charge in [0.1, 0.15) is 78.2 Å². The molecule has 2 saturated heterocycles. The van der Waals surface area contributed by atoms with E-state index < -0.39 is 84.1 Å². The molecule has 15 heteroatoms. The molecule has 1 N–H and O–H groups in total. The van der Waals surface area contributed by atoms with Gasteiger partial charge in [0.15, 0.2) is 12.5 Å². The van der Waals surface area contributed by atoms with Crippen LogP contribution in [0.5, 0.6) is 0 Å². The highest BCUT2D eigenvalue weighted by atomic mass is 28.3. The first kappa shape index (κ1) is 46.6. The molecule has 52 heavy (non-hydrogen) atoms. The summed E-state index contributed by atoms with van der Waals surface area (Å²) in [6, 6.07) is 3.27. The van der Waals surface area contributed by atoms with Gasteiger partial charge in [-0.3, -0.25) is 0 Å². The van der Waals surface area contributed by atoms with Crippen molar-refractivity contribution in [1.29, 1.82) is 0 Å². The van der Waals surface area contributed by atoms with E-state index in [-0.39, 0.29) is 19.8 Å². The molecule has 0 spiro atoms. The van der Waals surface area contributed by atoms with Crippen LogP contribution < -0.4 is 0 Å². The molecule has 0 saturated carbocycles. The minimum Gasteiger partial charge on any atom is -0.394 e. The van der Waals surface area contributed by atoms with Crippen LogP contribution in [-0.2, 0) is 42.6 Å². The Bertz CT molecular complexity index is 1200. The van der Waals surface area contributed by atoms with Gasteiger partial charge in [0.2, 0.25) is 0 Å². The van der Waals surface area contributed by atoms with E-state index in [2.05, 4.69) is 95.3 Å². The molecule has 298 valence electrons. The van der Waals surface area contributed by atoms with Gasteiger partial charge in [-0.15, -0.1) is 11.1 Å². The third kappa shape index (κ3) is 11.0. The van der Waals surface area contributed by atoms with Crippen LogP contribution in [0.1, 0.15) is 62.3 Å². The second-order valence-corrected chi connectivity index (χ2v) is 25.0. The van der Waals surface area contributed by atoms with Crippen LogP contribution in [0.3, 0.4) is 0 Å². The van der Waals surface area contributed by atoms with E-state index in [1.165, 1.54) is 14.2 Å². The third-order valence-corrected chi connectivity index (χ3v) is 22.4. The maximum atomic E-state index is 10.3. The Morgan fingerprint density at radius 3 is 1.73 bits per heavy atom. The van der Waals surface area contributed by atoms with E-state index in [0.29, 0.717) is 16.6 Å². The highest BCUT2D eigenvalue weighted by Gasteiger charge is 2.53. The summed E-state index contributed by atoms with van der Waals surface area (Å²) in [5.41, 5.74) is 17.9. The van der Waals surface area contributed by atoms with Crippen LogP contribution in [0.15, 0.2) is 5.11 Å². The van der Waals surface area contributed by atoms with Gasteiger partial charge in [-0.2, -0.15) is 0 Å². The van der Waals surface area contributed by atoms with Gasteiger partial charge in [-0.25, -0.2) is 0 Å². The number of hydrogen-bond acceptors (Lipinski definition) is 11. The van der Waals surface area contributed by atoms with Crippen molar-refractivity contribution in [3.63, 3.8) is 0 Å². The van der Waals surface area contributed by atoms with Crippen LogP contribution in [0, 0.1) is 22.9 Å². The number of aliphatic hydroxyl groups excluding tert-OH is 1. The first-order valence-corrected chi connectivity index (χ1v) is 23.6. The Kier molecular flexibility index (Phi) is 20.4. The number of ether oxygens (including phenoxy) is 9. The zero-order chi connectivity index (χ0) is 39.1. The summed E-state index contributed by atoms with van der Waals surface area (Å²) in [7, 11) is 2.46. The standard InChI is InChI=1S/C37H67N3O10Si2/c1-14-51(15-2,16-3)21-18-20-47-30-29(24-46-19-17-22-52(25(4)5,26(6)7)27(8)9)49-37(35(45-13)32(30)42-10)50-31-28(23-41)48-36(39-40-38)34(44-12)33(31)43-11/h25-37,41H,14-16,19-20,23-24H2,1-13H3/t28-,29-,30-,31-,32+,33+,34-,35-,36+,37-/m1/s1. The molecule has 10 atom stereocenters. The number of aliphatic hydroxyl groups is 1. The fourth-order valence-corrected chi connectivity index (χ4v) is 15.8. The lowest BCUT2D eigenvalue weighted by Crippen LogP contribution is -2.65. The molecule has 2 rings (SSSR count). The Hall–Kier alpha value is -1.54. The van der Waals surface area contributed by atoms with Crippen LogP contribution >= 0.6 is 0 Å². The van der Waals surface area contributed by atoms with Crippen molar-refractivity contribution in [1.82, 2.24) is 0 Å². The molecule has 0 unspecified atom stereocenters. The number of methoxy groups -OCH3 is 4. The summed E-state index contributed by atoms with van der Waals surface area (Å²) in [5, 5.41) is 14.0. The number of azide groups is 1. The van der Waals surface area contributed by atoms with Crippen molar-refractivity contribution in [3.05, 3.63) is 10.4 Å². The molecule has 0 aliphatic carbocycles. The van der Waals surface area contributed by atoms with Crippen molar-refractivity contribution in [2.24, 2.45) is 5.11 Å². The SMILES string of the molecule is CC[Si](C#CCO[C@H]1[C@H](OC)[C@@H](OC)[C@@H](O[C@H]2[C@H](OC)[C@@H](OC)[C@@H](N=[N+]=[N-])O[C@@H]2CO)O[C@@H]1COCC#C[Si](C(C)C)(C(C)C)C(C)C)(CC)CC. The lowest BCUT2D eigenvalue weighted by Gasteiger charge is -2.49. The molecule has 2 aliphatic heterocycles. The fourth-order valence-electron chi connectivity index (χ4n) is 8.09. The summed E-state index contributed by atoms with van der Waals surface area (Å²) in [5.74, 6) is 6.68. The Morgan fingerprint density at radius 1 is 0.712 bits per heavy atom. The van der Waals surface area contributed by atoms with Gasteiger partial charge in [0.05, 0.1) is 13.2 Å². The van der Waals surface area contributed by atoms with E-state index in [9.17, 15) is 5.11 Å². The predicted molar refractivity (Wildman–Crippen MR) is 206 cm³/mol. The van der Waals surface area contributed by atoms with Crippen molar-refractivity contribution in [2.75, 3.05) is 54.9 Å². The largest absolute Gasteiger partial charge is 0.394 e. The van der Waals surface area contributed by atoms with E-state index in [4.69, 9.17) is 48.2 Å². The van der Waals surface area contributed by atoms with Crippen molar-refractivity contribution in [3.8, 4) is 22.9 Å².